The van der Waals surface area contributed by atoms with Crippen LogP contribution in [0, 0.1) is 0 Å². The predicted octanol–water partition coefficient (Wildman–Crippen LogP) is 6.13. The normalized spacial score (nSPS) is 18.8. The van der Waals surface area contributed by atoms with E-state index in [9.17, 15) is 4.79 Å². The maximum Gasteiger partial charge on any atom is 0.446 e. The second kappa shape index (κ2) is 9.94. The number of benzene rings is 1. The molecule has 0 aliphatic carbocycles. The summed E-state index contributed by atoms with van der Waals surface area (Å²) in [6.07, 6.45) is 8.53. The first-order valence-electron chi connectivity index (χ1n) is 9.92. The van der Waals surface area contributed by atoms with E-state index in [1.165, 1.54) is 48.4 Å². The van der Waals surface area contributed by atoms with Gasteiger partial charge in [0.25, 0.3) is 0 Å². The largest absolute Gasteiger partial charge is 0.446 e. The molecule has 1 aromatic heterocycles. The van der Waals surface area contributed by atoms with Crippen molar-refractivity contribution in [2.75, 3.05) is 6.61 Å². The number of hydrogen-bond donors (Lipinski definition) is 0. The van der Waals surface area contributed by atoms with Crippen LogP contribution in [0.5, 0.6) is 0 Å². The lowest BCUT2D eigenvalue weighted by atomic mass is 10.1. The van der Waals surface area contributed by atoms with E-state index >= 15 is 0 Å². The number of fused-ring (bicyclic) bond motifs is 1. The highest BCUT2D eigenvalue weighted by Gasteiger charge is 2.44. The molecule has 2 heterocycles. The second-order valence-electron chi connectivity index (χ2n) is 7.08. The van der Waals surface area contributed by atoms with Gasteiger partial charge in [-0.1, -0.05) is 90.4 Å². The van der Waals surface area contributed by atoms with Crippen LogP contribution in [0.4, 0.5) is 0 Å². The number of aromatic nitrogens is 2. The van der Waals surface area contributed by atoms with Gasteiger partial charge in [0.1, 0.15) is 0 Å². The third-order valence-electron chi connectivity index (χ3n) is 4.92. The Kier molecular flexibility index (Phi) is 7.60. The Morgan fingerprint density at radius 2 is 1.82 bits per heavy atom. The van der Waals surface area contributed by atoms with Gasteiger partial charge in [-0.2, -0.15) is 0 Å². The number of hydrogen-bond acceptors (Lipinski definition) is 5. The summed E-state index contributed by atoms with van der Waals surface area (Å²) >= 11 is 5.01. The third kappa shape index (κ3) is 4.63. The molecule has 1 aliphatic heterocycles. The lowest BCUT2D eigenvalue weighted by Gasteiger charge is -2.34. The summed E-state index contributed by atoms with van der Waals surface area (Å²) in [5, 5.41) is 6.03. The van der Waals surface area contributed by atoms with Gasteiger partial charge in [-0.25, -0.2) is 9.36 Å². The number of unbranched alkanes of at least 4 members (excludes halogenated alkanes) is 6. The van der Waals surface area contributed by atoms with Crippen LogP contribution < -0.4 is 5.76 Å². The van der Waals surface area contributed by atoms with E-state index in [0.29, 0.717) is 12.4 Å². The van der Waals surface area contributed by atoms with Gasteiger partial charge in [0.2, 0.25) is 10.8 Å². The van der Waals surface area contributed by atoms with Gasteiger partial charge in [-0.15, -0.1) is 0 Å². The lowest BCUT2D eigenvalue weighted by molar-refractivity contribution is 0.0407. The molecule has 0 radical (unpaired) electrons. The van der Waals surface area contributed by atoms with E-state index in [2.05, 4.69) is 28.0 Å². The Labute approximate surface area is 178 Å². The standard InChI is InChI=1S/C21H27BrN2O3S/c1-3-4-5-6-7-8-9-14-26-21(17-10-12-18(22)13-11-17)19-23-27-20(25)24(19)16(2)15-28-21/h10-13,15H,3-9,14H2,1-2H3/t21-/m0/s1. The van der Waals surface area contributed by atoms with Crippen molar-refractivity contribution in [3.8, 4) is 0 Å². The van der Waals surface area contributed by atoms with Gasteiger partial charge in [0, 0.05) is 22.3 Å². The van der Waals surface area contributed by atoms with Crippen molar-refractivity contribution in [1.29, 1.82) is 0 Å². The highest BCUT2D eigenvalue weighted by molar-refractivity contribution is 9.10. The molecule has 2 aromatic rings. The molecular weight excluding hydrogens is 440 g/mol. The minimum Gasteiger partial charge on any atom is -0.352 e. The number of halogens is 1. The minimum atomic E-state index is -0.880. The average molecular weight is 467 g/mol. The Morgan fingerprint density at radius 1 is 1.14 bits per heavy atom. The summed E-state index contributed by atoms with van der Waals surface area (Å²) in [6, 6.07) is 7.95. The number of nitrogens with zero attached hydrogens (tertiary/aromatic N) is 2. The topological polar surface area (TPSA) is 57.3 Å². The summed E-state index contributed by atoms with van der Waals surface area (Å²) < 4.78 is 13.9. The lowest BCUT2D eigenvalue weighted by Crippen LogP contribution is -2.35. The predicted molar refractivity (Wildman–Crippen MR) is 117 cm³/mol. The number of allylic oxidation sites excluding steroid dienone is 1. The van der Waals surface area contributed by atoms with Crippen molar-refractivity contribution in [2.24, 2.45) is 0 Å². The number of thioether (sulfide) groups is 1. The molecule has 0 unspecified atom stereocenters. The van der Waals surface area contributed by atoms with E-state index < -0.39 is 10.7 Å². The maximum atomic E-state index is 12.2. The minimum absolute atomic E-state index is 0.481. The molecule has 5 nitrogen and oxygen atoms in total. The summed E-state index contributed by atoms with van der Waals surface area (Å²) in [5.74, 6) is 0.0119. The summed E-state index contributed by atoms with van der Waals surface area (Å²) in [4.78, 5) is 11.3. The second-order valence-corrected chi connectivity index (χ2v) is 9.04. The fourth-order valence-electron chi connectivity index (χ4n) is 3.37. The zero-order valence-electron chi connectivity index (χ0n) is 16.4. The van der Waals surface area contributed by atoms with Crippen LogP contribution in [0.2, 0.25) is 0 Å². The average Bonchev–Trinajstić information content (AvgIpc) is 3.09. The monoisotopic (exact) mass is 466 g/mol. The first kappa shape index (κ1) is 21.4. The van der Waals surface area contributed by atoms with E-state index in [0.717, 1.165) is 28.6 Å². The molecule has 1 aromatic carbocycles. The van der Waals surface area contributed by atoms with Crippen LogP contribution in [0.1, 0.15) is 70.2 Å². The van der Waals surface area contributed by atoms with Crippen molar-refractivity contribution in [2.45, 2.75) is 63.7 Å². The van der Waals surface area contributed by atoms with E-state index in [1.54, 1.807) is 0 Å². The molecular formula is C21H27BrN2O3S. The summed E-state index contributed by atoms with van der Waals surface area (Å²) in [6.45, 7) is 4.71. The van der Waals surface area contributed by atoms with Crippen LogP contribution in [-0.4, -0.2) is 16.3 Å². The SMILES string of the molecule is CCCCCCCCCO[C@@]1(c2ccc(Br)cc2)SC=C(C)n2c1noc2=O. The van der Waals surface area contributed by atoms with Gasteiger partial charge < -0.3 is 4.74 Å². The number of rotatable bonds is 10. The molecule has 0 amide bonds. The van der Waals surface area contributed by atoms with Crippen LogP contribution in [0.3, 0.4) is 0 Å². The molecule has 0 N–H and O–H groups in total. The maximum absolute atomic E-state index is 12.2. The first-order chi connectivity index (χ1) is 13.6. The number of ether oxygens (including phenoxy) is 1. The Balaban J connectivity index is 1.76. The van der Waals surface area contributed by atoms with Gasteiger partial charge in [0.05, 0.1) is 0 Å². The molecule has 28 heavy (non-hydrogen) atoms. The molecule has 152 valence electrons. The zero-order valence-corrected chi connectivity index (χ0v) is 18.9. The molecule has 0 saturated carbocycles. The quantitative estimate of drug-likeness (QED) is 0.394. The summed E-state index contributed by atoms with van der Waals surface area (Å²) in [5.41, 5.74) is 1.73. The smallest absolute Gasteiger partial charge is 0.352 e. The van der Waals surface area contributed by atoms with Crippen molar-refractivity contribution >= 4 is 33.4 Å². The molecule has 0 spiro atoms. The Morgan fingerprint density at radius 3 is 2.54 bits per heavy atom. The molecule has 1 aliphatic rings. The van der Waals surface area contributed by atoms with E-state index in [1.807, 2.05) is 36.6 Å². The van der Waals surface area contributed by atoms with Crippen molar-refractivity contribution in [3.63, 3.8) is 0 Å². The highest BCUT2D eigenvalue weighted by atomic mass is 79.9. The van der Waals surface area contributed by atoms with Gasteiger partial charge in [0.15, 0.2) is 0 Å². The highest BCUT2D eigenvalue weighted by Crippen LogP contribution is 2.47. The Hall–Kier alpha value is -1.31. The van der Waals surface area contributed by atoms with Crippen LogP contribution in [0.25, 0.3) is 5.70 Å². The summed E-state index contributed by atoms with van der Waals surface area (Å²) in [7, 11) is 0. The van der Waals surface area contributed by atoms with E-state index in [4.69, 9.17) is 9.26 Å². The van der Waals surface area contributed by atoms with Crippen LogP contribution >= 0.6 is 27.7 Å². The van der Waals surface area contributed by atoms with Gasteiger partial charge in [-0.05, 0) is 30.9 Å². The zero-order chi connectivity index (χ0) is 20.0. The molecule has 0 bridgehead atoms. The van der Waals surface area contributed by atoms with Crippen LogP contribution in [-0.2, 0) is 9.67 Å². The van der Waals surface area contributed by atoms with Crippen molar-refractivity contribution in [1.82, 2.24) is 9.72 Å². The molecule has 0 fully saturated rings. The fourth-order valence-corrected chi connectivity index (χ4v) is 4.73. The van der Waals surface area contributed by atoms with Gasteiger partial charge >= 0.3 is 5.76 Å². The van der Waals surface area contributed by atoms with Crippen LogP contribution in [0.15, 0.2) is 43.5 Å². The van der Waals surface area contributed by atoms with Crippen molar-refractivity contribution < 1.29 is 9.26 Å². The van der Waals surface area contributed by atoms with Gasteiger partial charge in [-0.3, -0.25) is 4.52 Å². The Bertz CT molecular complexity index is 859. The molecule has 7 heteroatoms. The third-order valence-corrected chi connectivity index (χ3v) is 6.78. The molecule has 3 rings (SSSR count). The fraction of sp³-hybridized carbons (Fsp3) is 0.524. The molecule has 1 atom stereocenters. The first-order valence-corrected chi connectivity index (χ1v) is 11.6. The van der Waals surface area contributed by atoms with Crippen molar-refractivity contribution in [3.05, 3.63) is 56.1 Å². The molecule has 0 saturated heterocycles. The van der Waals surface area contributed by atoms with E-state index in [-0.39, 0.29) is 0 Å².